The van der Waals surface area contributed by atoms with Gasteiger partial charge in [-0.15, -0.1) is 0 Å². The molecule has 0 bridgehead atoms. The quantitative estimate of drug-likeness (QED) is 0.198. The number of nitrogens with zero attached hydrogens (tertiary/aromatic N) is 5. The number of unbranched alkanes of at least 4 members (excludes halogenated alkanes) is 1. The van der Waals surface area contributed by atoms with Gasteiger partial charge in [0.1, 0.15) is 24.2 Å². The number of methoxy groups -OCH3 is 2. The molecule has 0 aromatic carbocycles. The highest BCUT2D eigenvalue weighted by Crippen LogP contribution is 2.45. The van der Waals surface area contributed by atoms with Crippen molar-refractivity contribution in [2.45, 2.75) is 97.3 Å². The third kappa shape index (κ3) is 10.7. The van der Waals surface area contributed by atoms with Gasteiger partial charge >= 0.3 is 6.18 Å². The van der Waals surface area contributed by atoms with Crippen molar-refractivity contribution >= 4 is 0 Å². The second-order valence-electron chi connectivity index (χ2n) is 10.6. The second kappa shape index (κ2) is 16.4. The Morgan fingerprint density at radius 2 is 1.70 bits per heavy atom. The molecule has 240 valence electrons. The van der Waals surface area contributed by atoms with Gasteiger partial charge in [-0.2, -0.15) is 18.2 Å². The SMILES string of the molecule is C/C=C(/C)N(C)/C=C(\C)C(F)(F)F.CCCCC(F)(CCC)COc1nc(-c2c(OC)ncnc2C2CC2)ncc1OC. The van der Waals surface area contributed by atoms with E-state index in [0.29, 0.717) is 41.8 Å². The van der Waals surface area contributed by atoms with E-state index in [2.05, 4.69) is 26.9 Å². The maximum atomic E-state index is 15.4. The van der Waals surface area contributed by atoms with Crippen LogP contribution in [0.1, 0.15) is 91.2 Å². The number of ether oxygens (including phenoxy) is 3. The van der Waals surface area contributed by atoms with Gasteiger partial charge in [0.25, 0.3) is 5.88 Å². The van der Waals surface area contributed by atoms with Gasteiger partial charge in [-0.3, -0.25) is 0 Å². The number of hydrogen-bond donors (Lipinski definition) is 0. The first-order valence-corrected chi connectivity index (χ1v) is 14.6. The molecule has 1 unspecified atom stereocenters. The zero-order valence-electron chi connectivity index (χ0n) is 26.5. The highest BCUT2D eigenvalue weighted by atomic mass is 19.4. The number of alkyl halides is 4. The Hall–Kier alpha value is -3.44. The molecule has 8 nitrogen and oxygen atoms in total. The molecule has 1 fully saturated rings. The molecule has 0 amide bonds. The molecule has 0 N–H and O–H groups in total. The average Bonchev–Trinajstić information content (AvgIpc) is 3.83. The summed E-state index contributed by atoms with van der Waals surface area (Å²) in [4.78, 5) is 19.1. The fraction of sp³-hybridized carbons (Fsp3) is 0.613. The summed E-state index contributed by atoms with van der Waals surface area (Å²) in [5, 5.41) is 0. The van der Waals surface area contributed by atoms with Crippen molar-refractivity contribution in [1.82, 2.24) is 24.8 Å². The van der Waals surface area contributed by atoms with E-state index >= 15 is 4.39 Å². The van der Waals surface area contributed by atoms with Crippen molar-refractivity contribution in [3.05, 3.63) is 41.8 Å². The van der Waals surface area contributed by atoms with E-state index < -0.39 is 17.4 Å². The van der Waals surface area contributed by atoms with Gasteiger partial charge in [-0.1, -0.05) is 39.2 Å². The van der Waals surface area contributed by atoms with Crippen LogP contribution in [0.15, 0.2) is 36.1 Å². The monoisotopic (exact) mass is 611 g/mol. The lowest BCUT2D eigenvalue weighted by Gasteiger charge is -2.25. The summed E-state index contributed by atoms with van der Waals surface area (Å²) in [6.45, 7) is 8.54. The Kier molecular flexibility index (Phi) is 13.7. The van der Waals surface area contributed by atoms with Gasteiger partial charge < -0.3 is 19.1 Å². The molecule has 12 heteroatoms. The fourth-order valence-electron chi connectivity index (χ4n) is 4.21. The lowest BCUT2D eigenvalue weighted by Crippen LogP contribution is -2.31. The standard InChI is InChI=1S/C22H31FN4O3.C9H14F3N/c1-5-7-11-22(23,10-6-2)13-30-20-16(28-3)12-24-19(27-20)17-18(15-8-9-15)25-14-26-21(17)29-4;1-5-8(3)13(4)6-7(2)9(10,11)12/h12,14-15H,5-11,13H2,1-4H3;5-6H,1-4H3/b;7-6+,8-5-. The van der Waals surface area contributed by atoms with Crippen LogP contribution >= 0.6 is 0 Å². The van der Waals surface area contributed by atoms with Crippen molar-refractivity contribution in [2.24, 2.45) is 0 Å². The molecule has 1 atom stereocenters. The van der Waals surface area contributed by atoms with Crippen LogP contribution in [0.2, 0.25) is 0 Å². The highest BCUT2D eigenvalue weighted by molar-refractivity contribution is 5.66. The zero-order valence-corrected chi connectivity index (χ0v) is 26.5. The first kappa shape index (κ1) is 35.8. The average molecular weight is 612 g/mol. The minimum atomic E-state index is -4.23. The maximum absolute atomic E-state index is 15.4. The van der Waals surface area contributed by atoms with E-state index in [4.69, 9.17) is 14.2 Å². The van der Waals surface area contributed by atoms with E-state index in [1.165, 1.54) is 24.5 Å². The van der Waals surface area contributed by atoms with E-state index in [-0.39, 0.29) is 12.5 Å². The Morgan fingerprint density at radius 3 is 2.23 bits per heavy atom. The van der Waals surface area contributed by atoms with Crippen molar-refractivity contribution in [1.29, 1.82) is 0 Å². The van der Waals surface area contributed by atoms with Crippen LogP contribution in [-0.2, 0) is 0 Å². The van der Waals surface area contributed by atoms with E-state index in [1.807, 2.05) is 6.92 Å². The topological polar surface area (TPSA) is 82.5 Å². The van der Waals surface area contributed by atoms with Crippen LogP contribution in [0, 0.1) is 0 Å². The minimum Gasteiger partial charge on any atom is -0.490 e. The molecule has 1 saturated carbocycles. The van der Waals surface area contributed by atoms with Gasteiger partial charge in [-0.25, -0.2) is 19.3 Å². The van der Waals surface area contributed by atoms with Crippen LogP contribution in [0.3, 0.4) is 0 Å². The third-order valence-corrected chi connectivity index (χ3v) is 7.12. The maximum Gasteiger partial charge on any atom is 0.413 e. The Balaban J connectivity index is 0.000000420. The molecule has 43 heavy (non-hydrogen) atoms. The lowest BCUT2D eigenvalue weighted by atomic mass is 9.94. The van der Waals surface area contributed by atoms with Gasteiger partial charge in [-0.05, 0) is 46.5 Å². The summed E-state index contributed by atoms with van der Waals surface area (Å²) in [6, 6.07) is 0. The Morgan fingerprint density at radius 1 is 1.00 bits per heavy atom. The Bertz CT molecular complexity index is 1230. The molecule has 0 radical (unpaired) electrons. The second-order valence-corrected chi connectivity index (χ2v) is 10.6. The Labute approximate surface area is 252 Å². The molecule has 2 aromatic rings. The minimum absolute atomic E-state index is 0.0778. The predicted molar refractivity (Wildman–Crippen MR) is 159 cm³/mol. The van der Waals surface area contributed by atoms with E-state index in [0.717, 1.165) is 56.6 Å². The summed E-state index contributed by atoms with van der Waals surface area (Å²) in [5.74, 6) is 1.72. The number of halogens is 4. The van der Waals surface area contributed by atoms with E-state index in [1.54, 1.807) is 34.1 Å². The van der Waals surface area contributed by atoms with Crippen LogP contribution < -0.4 is 14.2 Å². The summed E-state index contributed by atoms with van der Waals surface area (Å²) in [5.41, 5.74) is 0.306. The molecular weight excluding hydrogens is 566 g/mol. The van der Waals surface area contributed by atoms with Crippen LogP contribution in [-0.4, -0.2) is 64.6 Å². The molecule has 0 aliphatic heterocycles. The van der Waals surface area contributed by atoms with Crippen LogP contribution in [0.25, 0.3) is 11.4 Å². The zero-order chi connectivity index (χ0) is 32.2. The largest absolute Gasteiger partial charge is 0.490 e. The third-order valence-electron chi connectivity index (χ3n) is 7.12. The van der Waals surface area contributed by atoms with Gasteiger partial charge in [0.15, 0.2) is 11.6 Å². The molecule has 1 aliphatic carbocycles. The van der Waals surface area contributed by atoms with Crippen molar-refractivity contribution in [3.63, 3.8) is 0 Å². The predicted octanol–water partition coefficient (Wildman–Crippen LogP) is 8.21. The van der Waals surface area contributed by atoms with E-state index in [9.17, 15) is 13.2 Å². The van der Waals surface area contributed by atoms with Gasteiger partial charge in [0.05, 0.1) is 26.1 Å². The first-order valence-electron chi connectivity index (χ1n) is 14.6. The number of rotatable bonds is 14. The smallest absolute Gasteiger partial charge is 0.413 e. The highest BCUT2D eigenvalue weighted by Gasteiger charge is 2.33. The molecule has 3 rings (SSSR count). The fourth-order valence-corrected chi connectivity index (χ4v) is 4.21. The van der Waals surface area contributed by atoms with Gasteiger partial charge in [0, 0.05) is 30.4 Å². The molecule has 0 spiro atoms. The van der Waals surface area contributed by atoms with Crippen molar-refractivity contribution < 1.29 is 31.8 Å². The van der Waals surface area contributed by atoms with Crippen molar-refractivity contribution in [3.8, 4) is 28.9 Å². The number of hydrogen-bond acceptors (Lipinski definition) is 8. The molecule has 0 saturated heterocycles. The lowest BCUT2D eigenvalue weighted by molar-refractivity contribution is -0.0922. The molecular formula is C31H45F4N5O3. The normalized spacial score (nSPS) is 15.3. The van der Waals surface area contributed by atoms with Crippen LogP contribution in [0.5, 0.6) is 17.5 Å². The first-order chi connectivity index (χ1) is 20.3. The van der Waals surface area contributed by atoms with Crippen LogP contribution in [0.4, 0.5) is 17.6 Å². The molecule has 2 aromatic heterocycles. The number of aromatic nitrogens is 4. The number of allylic oxidation sites excluding steroid dienone is 3. The summed E-state index contributed by atoms with van der Waals surface area (Å²) < 4.78 is 68.2. The molecule has 1 aliphatic rings. The molecule has 2 heterocycles. The summed E-state index contributed by atoms with van der Waals surface area (Å²) in [7, 11) is 4.66. The van der Waals surface area contributed by atoms with Crippen molar-refractivity contribution in [2.75, 3.05) is 27.9 Å². The van der Waals surface area contributed by atoms with Gasteiger partial charge in [0.2, 0.25) is 5.88 Å². The summed E-state index contributed by atoms with van der Waals surface area (Å²) in [6.07, 6.45) is 7.15. The summed E-state index contributed by atoms with van der Waals surface area (Å²) >= 11 is 0.